The first-order chi connectivity index (χ1) is 10.9. The van der Waals surface area contributed by atoms with E-state index < -0.39 is 0 Å². The lowest BCUT2D eigenvalue weighted by Crippen LogP contribution is -2.16. The number of nitrogens with one attached hydrogen (secondary N) is 1. The first-order valence-electron chi connectivity index (χ1n) is 7.18. The molecule has 1 aromatic carbocycles. The quantitative estimate of drug-likeness (QED) is 0.675. The van der Waals surface area contributed by atoms with Gasteiger partial charge in [0.1, 0.15) is 16.5 Å². The zero-order chi connectivity index (χ0) is 15.2. The number of para-hydroxylation sites is 1. The van der Waals surface area contributed by atoms with Crippen molar-refractivity contribution in [2.24, 2.45) is 0 Å². The number of hydrogen-bond acceptors (Lipinski definition) is 5. The third kappa shape index (κ3) is 3.55. The second kappa shape index (κ2) is 7.24. The standard InChI is InChI=1S/C17H18N2O2S/c1-20-14-6-3-2-5-13(14)8-9-18-12-17-19-11-16(22-17)15-7-4-10-21-15/h2-7,10-11,18H,8-9,12H2,1H3. The van der Waals surface area contributed by atoms with Crippen LogP contribution in [0.5, 0.6) is 5.75 Å². The Balaban J connectivity index is 1.49. The molecule has 0 aliphatic rings. The molecule has 2 aromatic heterocycles. The molecule has 0 saturated carbocycles. The molecule has 3 rings (SSSR count). The van der Waals surface area contributed by atoms with Crippen molar-refractivity contribution in [2.75, 3.05) is 13.7 Å². The molecular formula is C17H18N2O2S. The average molecular weight is 314 g/mol. The summed E-state index contributed by atoms with van der Waals surface area (Å²) in [6, 6.07) is 12.0. The summed E-state index contributed by atoms with van der Waals surface area (Å²) >= 11 is 1.65. The molecule has 4 nitrogen and oxygen atoms in total. The molecule has 2 heterocycles. The normalized spacial score (nSPS) is 10.8. The Morgan fingerprint density at radius 1 is 1.23 bits per heavy atom. The van der Waals surface area contributed by atoms with Gasteiger partial charge in [-0.1, -0.05) is 18.2 Å². The van der Waals surface area contributed by atoms with E-state index in [1.165, 1.54) is 5.56 Å². The fraction of sp³-hybridized carbons (Fsp3) is 0.235. The predicted octanol–water partition coefficient (Wildman–Crippen LogP) is 3.74. The van der Waals surface area contributed by atoms with Gasteiger partial charge in [-0.2, -0.15) is 0 Å². The highest BCUT2D eigenvalue weighted by Gasteiger charge is 2.06. The lowest BCUT2D eigenvalue weighted by molar-refractivity contribution is 0.409. The summed E-state index contributed by atoms with van der Waals surface area (Å²) in [6.45, 7) is 1.65. The van der Waals surface area contributed by atoms with Crippen LogP contribution in [0.15, 0.2) is 53.3 Å². The highest BCUT2D eigenvalue weighted by Crippen LogP contribution is 2.26. The molecule has 0 radical (unpaired) electrons. The zero-order valence-electron chi connectivity index (χ0n) is 12.4. The van der Waals surface area contributed by atoms with Crippen molar-refractivity contribution >= 4 is 11.3 Å². The van der Waals surface area contributed by atoms with Gasteiger partial charge in [0.15, 0.2) is 0 Å². The number of thiazole rings is 1. The van der Waals surface area contributed by atoms with Gasteiger partial charge in [0.25, 0.3) is 0 Å². The summed E-state index contributed by atoms with van der Waals surface area (Å²) in [5, 5.41) is 4.48. The van der Waals surface area contributed by atoms with E-state index in [0.29, 0.717) is 0 Å². The van der Waals surface area contributed by atoms with E-state index in [9.17, 15) is 0 Å². The van der Waals surface area contributed by atoms with Gasteiger partial charge in [0, 0.05) is 12.7 Å². The van der Waals surface area contributed by atoms with Gasteiger partial charge in [-0.25, -0.2) is 4.98 Å². The molecule has 0 spiro atoms. The first kappa shape index (κ1) is 14.8. The van der Waals surface area contributed by atoms with E-state index in [4.69, 9.17) is 9.15 Å². The summed E-state index contributed by atoms with van der Waals surface area (Å²) in [7, 11) is 1.71. The zero-order valence-corrected chi connectivity index (χ0v) is 13.2. The second-order valence-corrected chi connectivity index (χ2v) is 5.95. The summed E-state index contributed by atoms with van der Waals surface area (Å²) < 4.78 is 10.7. The van der Waals surface area contributed by atoms with Gasteiger partial charge in [0.05, 0.1) is 18.3 Å². The third-order valence-electron chi connectivity index (χ3n) is 3.36. The molecule has 114 valence electrons. The van der Waals surface area contributed by atoms with Crippen molar-refractivity contribution in [1.82, 2.24) is 10.3 Å². The molecule has 22 heavy (non-hydrogen) atoms. The fourth-order valence-electron chi connectivity index (χ4n) is 2.25. The fourth-order valence-corrected chi connectivity index (χ4v) is 3.11. The van der Waals surface area contributed by atoms with Gasteiger partial charge in [-0.3, -0.25) is 0 Å². The Morgan fingerprint density at radius 2 is 2.14 bits per heavy atom. The second-order valence-electron chi connectivity index (χ2n) is 4.83. The van der Waals surface area contributed by atoms with Crippen LogP contribution in [-0.4, -0.2) is 18.6 Å². The Hall–Kier alpha value is -2.11. The molecule has 0 aliphatic carbocycles. The number of ether oxygens (including phenoxy) is 1. The number of aromatic nitrogens is 1. The maximum Gasteiger partial charge on any atom is 0.145 e. The van der Waals surface area contributed by atoms with Crippen LogP contribution in [0.4, 0.5) is 0 Å². The molecule has 3 aromatic rings. The third-order valence-corrected chi connectivity index (χ3v) is 4.37. The molecule has 0 saturated heterocycles. The number of furan rings is 1. The maximum atomic E-state index is 5.38. The monoisotopic (exact) mass is 314 g/mol. The number of methoxy groups -OCH3 is 1. The summed E-state index contributed by atoms with van der Waals surface area (Å²) in [4.78, 5) is 5.48. The average Bonchev–Trinajstić information content (AvgIpc) is 3.23. The Morgan fingerprint density at radius 3 is 2.95 bits per heavy atom. The number of rotatable bonds is 7. The highest BCUT2D eigenvalue weighted by molar-refractivity contribution is 7.15. The molecular weight excluding hydrogens is 296 g/mol. The lowest BCUT2D eigenvalue weighted by atomic mass is 10.1. The largest absolute Gasteiger partial charge is 0.496 e. The van der Waals surface area contributed by atoms with Gasteiger partial charge in [-0.05, 0) is 36.7 Å². The molecule has 1 N–H and O–H groups in total. The number of benzene rings is 1. The maximum absolute atomic E-state index is 5.38. The minimum absolute atomic E-state index is 0.764. The van der Waals surface area contributed by atoms with Gasteiger partial charge in [-0.15, -0.1) is 11.3 Å². The van der Waals surface area contributed by atoms with Crippen LogP contribution in [0, 0.1) is 0 Å². The van der Waals surface area contributed by atoms with Crippen LogP contribution in [0.3, 0.4) is 0 Å². The topological polar surface area (TPSA) is 47.3 Å². The minimum atomic E-state index is 0.764. The van der Waals surface area contributed by atoms with Crippen LogP contribution in [0.2, 0.25) is 0 Å². The van der Waals surface area contributed by atoms with Crippen molar-refractivity contribution in [1.29, 1.82) is 0 Å². The molecule has 0 bridgehead atoms. The first-order valence-corrected chi connectivity index (χ1v) is 7.99. The molecule has 0 aliphatic heterocycles. The summed E-state index contributed by atoms with van der Waals surface area (Å²) in [6.07, 6.45) is 4.47. The lowest BCUT2D eigenvalue weighted by Gasteiger charge is -2.08. The van der Waals surface area contributed by atoms with Crippen LogP contribution >= 0.6 is 11.3 Å². The van der Waals surface area contributed by atoms with E-state index >= 15 is 0 Å². The van der Waals surface area contributed by atoms with Gasteiger partial charge < -0.3 is 14.5 Å². The van der Waals surface area contributed by atoms with Gasteiger partial charge in [0.2, 0.25) is 0 Å². The van der Waals surface area contributed by atoms with E-state index in [1.807, 2.05) is 36.5 Å². The van der Waals surface area contributed by atoms with Crippen LogP contribution in [0.1, 0.15) is 10.6 Å². The number of nitrogens with zero attached hydrogens (tertiary/aromatic N) is 1. The SMILES string of the molecule is COc1ccccc1CCNCc1ncc(-c2ccco2)s1. The Bertz CT molecular complexity index is 707. The van der Waals surface area contributed by atoms with Crippen molar-refractivity contribution in [3.05, 3.63) is 59.4 Å². The smallest absolute Gasteiger partial charge is 0.145 e. The molecule has 0 fully saturated rings. The number of hydrogen-bond donors (Lipinski definition) is 1. The molecule has 0 atom stereocenters. The Labute approximate surface area is 133 Å². The van der Waals surface area contributed by atoms with Crippen molar-refractivity contribution in [2.45, 2.75) is 13.0 Å². The van der Waals surface area contributed by atoms with Crippen molar-refractivity contribution in [3.8, 4) is 16.4 Å². The highest BCUT2D eigenvalue weighted by atomic mass is 32.1. The van der Waals surface area contributed by atoms with Crippen LogP contribution in [-0.2, 0) is 13.0 Å². The Kier molecular flexibility index (Phi) is 4.88. The van der Waals surface area contributed by atoms with E-state index in [0.717, 1.165) is 40.9 Å². The summed E-state index contributed by atoms with van der Waals surface area (Å²) in [5.74, 6) is 1.82. The van der Waals surface area contributed by atoms with Crippen molar-refractivity contribution in [3.63, 3.8) is 0 Å². The van der Waals surface area contributed by atoms with Crippen molar-refractivity contribution < 1.29 is 9.15 Å². The molecule has 0 unspecified atom stereocenters. The minimum Gasteiger partial charge on any atom is -0.496 e. The predicted molar refractivity (Wildman–Crippen MR) is 88.2 cm³/mol. The van der Waals surface area contributed by atoms with E-state index in [1.54, 1.807) is 24.7 Å². The van der Waals surface area contributed by atoms with E-state index in [-0.39, 0.29) is 0 Å². The van der Waals surface area contributed by atoms with E-state index in [2.05, 4.69) is 16.4 Å². The molecule has 0 amide bonds. The van der Waals surface area contributed by atoms with Crippen LogP contribution in [0.25, 0.3) is 10.6 Å². The molecule has 5 heteroatoms. The summed E-state index contributed by atoms with van der Waals surface area (Å²) in [5.41, 5.74) is 1.22. The van der Waals surface area contributed by atoms with Gasteiger partial charge >= 0.3 is 0 Å². The van der Waals surface area contributed by atoms with Crippen LogP contribution < -0.4 is 10.1 Å².